The third-order valence-electron chi connectivity index (χ3n) is 2.35. The van der Waals surface area contributed by atoms with Crippen LogP contribution in [-0.2, 0) is 14.8 Å². The van der Waals surface area contributed by atoms with Gasteiger partial charge in [0.05, 0.1) is 11.4 Å². The molecule has 0 spiro atoms. The van der Waals surface area contributed by atoms with E-state index in [2.05, 4.69) is 5.10 Å². The maximum atomic E-state index is 10.9. The Morgan fingerprint density at radius 2 is 1.88 bits per heavy atom. The average Bonchev–Trinajstić information content (AvgIpc) is 2.63. The Morgan fingerprint density at radius 1 is 1.24 bits per heavy atom. The van der Waals surface area contributed by atoms with Crippen LogP contribution in [-0.4, -0.2) is 18.2 Å². The van der Waals surface area contributed by atoms with Crippen molar-refractivity contribution in [2.24, 2.45) is 0 Å². The van der Waals surface area contributed by atoms with Crippen molar-refractivity contribution in [3.8, 4) is 5.69 Å². The molecule has 1 aromatic carbocycles. The first kappa shape index (κ1) is 12.1. The molecule has 0 aliphatic rings. The number of benzene rings is 1. The summed E-state index contributed by atoms with van der Waals surface area (Å²) in [6.45, 7) is 1.95. The second-order valence-corrected chi connectivity index (χ2v) is 6.51. The third kappa shape index (κ3) is 3.08. The van der Waals surface area contributed by atoms with E-state index in [0.717, 1.165) is 11.4 Å². The fraction of sp³-hybridized carbons (Fsp3) is 0.182. The van der Waals surface area contributed by atoms with Crippen molar-refractivity contribution in [1.29, 1.82) is 0 Å². The predicted octanol–water partition coefficient (Wildman–Crippen LogP) is 2.25. The summed E-state index contributed by atoms with van der Waals surface area (Å²) in [6.07, 6.45) is 1.71. The molecule has 0 fully saturated rings. The van der Waals surface area contributed by atoms with Gasteiger partial charge in [-0.05, 0) is 30.7 Å². The monoisotopic (exact) mass is 270 g/mol. The molecule has 0 saturated heterocycles. The summed E-state index contributed by atoms with van der Waals surface area (Å²) in [5.41, 5.74) is 2.57. The molecule has 0 saturated carbocycles. The molecule has 0 radical (unpaired) electrons. The lowest BCUT2D eigenvalue weighted by Gasteiger charge is -2.05. The van der Waals surface area contributed by atoms with Gasteiger partial charge in [0.15, 0.2) is 0 Å². The zero-order valence-corrected chi connectivity index (χ0v) is 10.7. The number of rotatable bonds is 3. The lowest BCUT2D eigenvalue weighted by atomic mass is 10.2. The van der Waals surface area contributed by atoms with Crippen molar-refractivity contribution in [3.05, 3.63) is 47.8 Å². The topological polar surface area (TPSA) is 52.0 Å². The van der Waals surface area contributed by atoms with Gasteiger partial charge in [-0.2, -0.15) is 5.10 Å². The summed E-state index contributed by atoms with van der Waals surface area (Å²) in [5.74, 6) is -0.160. The number of hydrogen-bond donors (Lipinski definition) is 0. The van der Waals surface area contributed by atoms with E-state index in [-0.39, 0.29) is 5.75 Å². The Bertz CT molecular complexity index is 617. The maximum absolute atomic E-state index is 10.9. The van der Waals surface area contributed by atoms with E-state index in [4.69, 9.17) is 10.7 Å². The van der Waals surface area contributed by atoms with Gasteiger partial charge in [-0.3, -0.25) is 0 Å². The summed E-state index contributed by atoms with van der Waals surface area (Å²) in [7, 11) is 1.68. The van der Waals surface area contributed by atoms with Crippen molar-refractivity contribution in [2.45, 2.75) is 12.7 Å². The van der Waals surface area contributed by atoms with Gasteiger partial charge in [0.1, 0.15) is 0 Å². The van der Waals surface area contributed by atoms with E-state index in [9.17, 15) is 8.42 Å². The largest absolute Gasteiger partial charge is 0.238 e. The van der Waals surface area contributed by atoms with Crippen LogP contribution in [0, 0.1) is 6.92 Å². The summed E-state index contributed by atoms with van der Waals surface area (Å²) in [6, 6.07) is 9.00. The number of aromatic nitrogens is 2. The number of hydrogen-bond acceptors (Lipinski definition) is 3. The molecule has 1 heterocycles. The van der Waals surface area contributed by atoms with E-state index in [1.807, 2.05) is 25.1 Å². The Hall–Kier alpha value is -1.33. The normalized spacial score (nSPS) is 11.6. The molecule has 0 unspecified atom stereocenters. The molecule has 0 aliphatic heterocycles. The highest BCUT2D eigenvalue weighted by Crippen LogP contribution is 2.14. The quantitative estimate of drug-likeness (QED) is 0.804. The molecule has 0 N–H and O–H groups in total. The average molecular weight is 271 g/mol. The van der Waals surface area contributed by atoms with Gasteiger partial charge >= 0.3 is 0 Å². The van der Waals surface area contributed by atoms with Crippen LogP contribution in [0.1, 0.15) is 11.3 Å². The number of nitrogens with zero attached hydrogens (tertiary/aromatic N) is 2. The Kier molecular flexibility index (Phi) is 3.22. The smallest absolute Gasteiger partial charge is 0.236 e. The second kappa shape index (κ2) is 4.50. The molecule has 0 amide bonds. The zero-order valence-electron chi connectivity index (χ0n) is 9.17. The molecule has 1 aromatic heterocycles. The number of halogens is 1. The Morgan fingerprint density at radius 3 is 2.35 bits per heavy atom. The van der Waals surface area contributed by atoms with Crippen molar-refractivity contribution < 1.29 is 8.42 Å². The molecule has 6 heteroatoms. The van der Waals surface area contributed by atoms with Gasteiger partial charge in [-0.25, -0.2) is 13.1 Å². The minimum Gasteiger partial charge on any atom is -0.238 e. The van der Waals surface area contributed by atoms with E-state index in [1.54, 1.807) is 23.0 Å². The number of aryl methyl sites for hydroxylation is 1. The third-order valence-corrected chi connectivity index (χ3v) is 3.36. The summed E-state index contributed by atoms with van der Waals surface area (Å²) >= 11 is 0. The molecular weight excluding hydrogens is 260 g/mol. The van der Waals surface area contributed by atoms with Crippen LogP contribution in [0.4, 0.5) is 0 Å². The lowest BCUT2D eigenvalue weighted by molar-refractivity contribution is 0.609. The van der Waals surface area contributed by atoms with Crippen molar-refractivity contribution >= 4 is 19.7 Å². The van der Waals surface area contributed by atoms with Crippen LogP contribution >= 0.6 is 10.7 Å². The van der Waals surface area contributed by atoms with Gasteiger partial charge < -0.3 is 0 Å². The van der Waals surface area contributed by atoms with Crippen LogP contribution in [0.15, 0.2) is 36.5 Å². The Labute approximate surface area is 104 Å². The van der Waals surface area contributed by atoms with Gasteiger partial charge in [0, 0.05) is 22.6 Å². The standard InChI is InChI=1S/C11H11ClN2O2S/c1-9-6-7-13-14(9)11-4-2-10(3-5-11)8-17(12,15)16/h2-7H,8H2,1H3. The van der Waals surface area contributed by atoms with Crippen molar-refractivity contribution in [1.82, 2.24) is 9.78 Å². The summed E-state index contributed by atoms with van der Waals surface area (Å²) in [5, 5.41) is 4.16. The highest BCUT2D eigenvalue weighted by molar-refractivity contribution is 8.13. The van der Waals surface area contributed by atoms with E-state index in [0.29, 0.717) is 5.56 Å². The van der Waals surface area contributed by atoms with Crippen molar-refractivity contribution in [3.63, 3.8) is 0 Å². The van der Waals surface area contributed by atoms with Crippen LogP contribution in [0.2, 0.25) is 0 Å². The first-order chi connectivity index (χ1) is 7.96. The minimum atomic E-state index is -3.50. The highest BCUT2D eigenvalue weighted by Gasteiger charge is 2.07. The van der Waals surface area contributed by atoms with Crippen LogP contribution in [0.25, 0.3) is 5.69 Å². The molecule has 2 aromatic rings. The summed E-state index contributed by atoms with van der Waals surface area (Å²) < 4.78 is 23.6. The van der Waals surface area contributed by atoms with E-state index in [1.165, 1.54) is 0 Å². The fourth-order valence-electron chi connectivity index (χ4n) is 1.57. The molecule has 0 aliphatic carbocycles. The maximum Gasteiger partial charge on any atom is 0.236 e. The SMILES string of the molecule is Cc1ccnn1-c1ccc(CS(=O)(=O)Cl)cc1. The van der Waals surface area contributed by atoms with Gasteiger partial charge in [-0.1, -0.05) is 12.1 Å². The zero-order chi connectivity index (χ0) is 12.5. The van der Waals surface area contributed by atoms with Gasteiger partial charge in [-0.15, -0.1) is 0 Å². The molecule has 0 atom stereocenters. The molecule has 90 valence electrons. The fourth-order valence-corrected chi connectivity index (χ4v) is 2.54. The van der Waals surface area contributed by atoms with Gasteiger partial charge in [0.2, 0.25) is 9.05 Å². The Balaban J connectivity index is 2.28. The molecule has 17 heavy (non-hydrogen) atoms. The van der Waals surface area contributed by atoms with Gasteiger partial charge in [0.25, 0.3) is 0 Å². The van der Waals surface area contributed by atoms with Crippen LogP contribution in [0.5, 0.6) is 0 Å². The predicted molar refractivity (Wildman–Crippen MR) is 66.8 cm³/mol. The van der Waals surface area contributed by atoms with E-state index < -0.39 is 9.05 Å². The highest BCUT2D eigenvalue weighted by atomic mass is 35.7. The first-order valence-electron chi connectivity index (χ1n) is 4.98. The second-order valence-electron chi connectivity index (χ2n) is 3.73. The molecule has 2 rings (SSSR count). The van der Waals surface area contributed by atoms with Crippen LogP contribution < -0.4 is 0 Å². The molecule has 0 bridgehead atoms. The van der Waals surface area contributed by atoms with Crippen molar-refractivity contribution in [2.75, 3.05) is 0 Å². The summed E-state index contributed by atoms with van der Waals surface area (Å²) in [4.78, 5) is 0. The minimum absolute atomic E-state index is 0.160. The van der Waals surface area contributed by atoms with E-state index >= 15 is 0 Å². The lowest BCUT2D eigenvalue weighted by Crippen LogP contribution is -1.99. The van der Waals surface area contributed by atoms with Crippen LogP contribution in [0.3, 0.4) is 0 Å². The first-order valence-corrected chi connectivity index (χ1v) is 7.46. The molecule has 4 nitrogen and oxygen atoms in total. The molecular formula is C11H11ClN2O2S.